The summed E-state index contributed by atoms with van der Waals surface area (Å²) in [6, 6.07) is 8.49. The highest BCUT2D eigenvalue weighted by molar-refractivity contribution is 5.92. The maximum atomic E-state index is 13.8. The van der Waals surface area contributed by atoms with Gasteiger partial charge in [0.2, 0.25) is 0 Å². The van der Waals surface area contributed by atoms with Gasteiger partial charge < -0.3 is 9.42 Å². The van der Waals surface area contributed by atoms with E-state index in [4.69, 9.17) is 4.52 Å². The van der Waals surface area contributed by atoms with Gasteiger partial charge in [0.15, 0.2) is 5.69 Å². The van der Waals surface area contributed by atoms with Crippen molar-refractivity contribution in [1.82, 2.24) is 10.1 Å². The molecule has 0 bridgehead atoms. The van der Waals surface area contributed by atoms with Crippen LogP contribution in [0.15, 0.2) is 34.9 Å². The molecule has 1 amide bonds. The Bertz CT molecular complexity index is 668. The van der Waals surface area contributed by atoms with Gasteiger partial charge in [-0.15, -0.1) is 0 Å². The normalized spacial score (nSPS) is 17.9. The molecular formula is C17H19FN2O2. The monoisotopic (exact) mass is 302 g/mol. The van der Waals surface area contributed by atoms with Crippen LogP contribution < -0.4 is 0 Å². The van der Waals surface area contributed by atoms with E-state index in [1.54, 1.807) is 23.1 Å². The zero-order chi connectivity index (χ0) is 15.5. The number of aromatic nitrogens is 1. The number of nitrogens with zero attached hydrogens (tertiary/aromatic N) is 2. The van der Waals surface area contributed by atoms with Crippen molar-refractivity contribution in [2.24, 2.45) is 0 Å². The number of carbonyl (C=O) groups excluding carboxylic acids is 1. The smallest absolute Gasteiger partial charge is 0.276 e. The fourth-order valence-electron chi connectivity index (χ4n) is 2.94. The van der Waals surface area contributed by atoms with E-state index in [1.807, 2.05) is 13.0 Å². The highest BCUT2D eigenvalue weighted by atomic mass is 19.1. The molecule has 5 heteroatoms. The number of rotatable bonds is 4. The fraction of sp³-hybridized carbons (Fsp3) is 0.412. The predicted molar refractivity (Wildman–Crippen MR) is 80.2 cm³/mol. The van der Waals surface area contributed by atoms with Crippen molar-refractivity contribution in [3.63, 3.8) is 0 Å². The Morgan fingerprint density at radius 2 is 2.27 bits per heavy atom. The highest BCUT2D eigenvalue weighted by Gasteiger charge is 2.30. The minimum atomic E-state index is -0.200. The molecular weight excluding hydrogens is 283 g/mol. The first kappa shape index (κ1) is 14.8. The van der Waals surface area contributed by atoms with Crippen LogP contribution in [0.25, 0.3) is 0 Å². The number of benzene rings is 1. The van der Waals surface area contributed by atoms with Crippen LogP contribution in [0.1, 0.15) is 47.5 Å². The summed E-state index contributed by atoms with van der Waals surface area (Å²) in [6.07, 6.45) is 2.49. The number of hydrogen-bond donors (Lipinski definition) is 0. The van der Waals surface area contributed by atoms with Crippen LogP contribution in [0.2, 0.25) is 0 Å². The molecule has 3 rings (SSSR count). The van der Waals surface area contributed by atoms with Gasteiger partial charge in [-0.05, 0) is 24.5 Å². The van der Waals surface area contributed by atoms with E-state index in [9.17, 15) is 9.18 Å². The molecule has 1 fully saturated rings. The third-order valence-electron chi connectivity index (χ3n) is 4.09. The minimum absolute atomic E-state index is 0.0483. The molecule has 0 N–H and O–H groups in total. The van der Waals surface area contributed by atoms with Crippen molar-refractivity contribution < 1.29 is 13.7 Å². The van der Waals surface area contributed by atoms with Crippen LogP contribution in [0.3, 0.4) is 0 Å². The fourth-order valence-corrected chi connectivity index (χ4v) is 2.94. The zero-order valence-electron chi connectivity index (χ0n) is 12.6. The summed E-state index contributed by atoms with van der Waals surface area (Å²) < 4.78 is 19.0. The van der Waals surface area contributed by atoms with Crippen LogP contribution in [0.5, 0.6) is 0 Å². The molecule has 1 aliphatic heterocycles. The first-order valence-electron chi connectivity index (χ1n) is 7.68. The van der Waals surface area contributed by atoms with E-state index in [1.165, 1.54) is 6.07 Å². The molecule has 2 heterocycles. The summed E-state index contributed by atoms with van der Waals surface area (Å²) in [7, 11) is 0. The molecule has 1 aromatic carbocycles. The lowest BCUT2D eigenvalue weighted by Crippen LogP contribution is -2.28. The molecule has 22 heavy (non-hydrogen) atoms. The number of halogens is 1. The third-order valence-corrected chi connectivity index (χ3v) is 4.09. The quantitative estimate of drug-likeness (QED) is 0.869. The van der Waals surface area contributed by atoms with Gasteiger partial charge in [-0.1, -0.05) is 30.3 Å². The Hall–Kier alpha value is -2.17. The van der Waals surface area contributed by atoms with Crippen LogP contribution in [0, 0.1) is 5.82 Å². The zero-order valence-corrected chi connectivity index (χ0v) is 12.6. The second-order valence-electron chi connectivity index (χ2n) is 5.69. The number of likely N-dealkylation sites (tertiary alicyclic amines) is 1. The summed E-state index contributed by atoms with van der Waals surface area (Å²) in [5, 5.41) is 3.85. The average Bonchev–Trinajstić information content (AvgIpc) is 3.17. The third kappa shape index (κ3) is 2.89. The molecule has 0 spiro atoms. The van der Waals surface area contributed by atoms with Crippen LogP contribution in [0.4, 0.5) is 4.39 Å². The predicted octanol–water partition coefficient (Wildman–Crippen LogP) is 3.40. The number of aryl methyl sites for hydroxylation is 1. The van der Waals surface area contributed by atoms with Crippen LogP contribution in [-0.4, -0.2) is 29.1 Å². The first-order valence-corrected chi connectivity index (χ1v) is 7.68. The number of carbonyl (C=O) groups is 1. The number of hydrogen-bond acceptors (Lipinski definition) is 3. The Labute approximate surface area is 128 Å². The van der Waals surface area contributed by atoms with Gasteiger partial charge in [-0.25, -0.2) is 4.39 Å². The van der Waals surface area contributed by atoms with Gasteiger partial charge >= 0.3 is 0 Å². The van der Waals surface area contributed by atoms with Crippen molar-refractivity contribution in [3.8, 4) is 0 Å². The Balaban J connectivity index is 1.69. The molecule has 0 aliphatic carbocycles. The molecule has 116 valence electrons. The van der Waals surface area contributed by atoms with E-state index in [2.05, 4.69) is 5.16 Å². The maximum Gasteiger partial charge on any atom is 0.276 e. The molecule has 1 atom stereocenters. The molecule has 1 saturated heterocycles. The minimum Gasteiger partial charge on any atom is -0.361 e. The lowest BCUT2D eigenvalue weighted by Gasteiger charge is -2.15. The maximum absolute atomic E-state index is 13.8. The largest absolute Gasteiger partial charge is 0.361 e. The van der Waals surface area contributed by atoms with E-state index in [0.29, 0.717) is 24.3 Å². The second kappa shape index (κ2) is 6.30. The summed E-state index contributed by atoms with van der Waals surface area (Å²) in [5.74, 6) is 0.446. The lowest BCUT2D eigenvalue weighted by molar-refractivity contribution is 0.0780. The molecule has 2 aromatic rings. The topological polar surface area (TPSA) is 46.3 Å². The van der Waals surface area contributed by atoms with Gasteiger partial charge in [0.05, 0.1) is 0 Å². The SMILES string of the molecule is CCCc1cc(C(=O)N2CC[C@@H](c3ccccc3F)C2)no1. The Morgan fingerprint density at radius 1 is 1.45 bits per heavy atom. The number of amides is 1. The molecule has 1 aliphatic rings. The van der Waals surface area contributed by atoms with E-state index in [0.717, 1.165) is 25.0 Å². The standard InChI is InChI=1S/C17H19FN2O2/c1-2-5-13-10-16(19-22-13)17(21)20-9-8-12(11-20)14-6-3-4-7-15(14)18/h3-4,6-7,10,12H,2,5,8-9,11H2,1H3/t12-/m1/s1. The van der Waals surface area contributed by atoms with Crippen molar-refractivity contribution >= 4 is 5.91 Å². The van der Waals surface area contributed by atoms with Gasteiger partial charge in [0, 0.05) is 31.5 Å². The lowest BCUT2D eigenvalue weighted by atomic mass is 9.98. The van der Waals surface area contributed by atoms with Gasteiger partial charge in [-0.3, -0.25) is 4.79 Å². The molecule has 0 radical (unpaired) electrons. The van der Waals surface area contributed by atoms with E-state index < -0.39 is 0 Å². The second-order valence-corrected chi connectivity index (χ2v) is 5.69. The Kier molecular flexibility index (Phi) is 4.22. The summed E-state index contributed by atoms with van der Waals surface area (Å²) in [6.45, 7) is 3.19. The van der Waals surface area contributed by atoms with Crippen molar-refractivity contribution in [1.29, 1.82) is 0 Å². The van der Waals surface area contributed by atoms with Crippen molar-refractivity contribution in [3.05, 3.63) is 53.2 Å². The van der Waals surface area contributed by atoms with Gasteiger partial charge in [0.25, 0.3) is 5.91 Å². The van der Waals surface area contributed by atoms with E-state index in [-0.39, 0.29) is 17.6 Å². The Morgan fingerprint density at radius 3 is 3.05 bits per heavy atom. The van der Waals surface area contributed by atoms with Crippen molar-refractivity contribution in [2.75, 3.05) is 13.1 Å². The van der Waals surface area contributed by atoms with Crippen LogP contribution >= 0.6 is 0 Å². The van der Waals surface area contributed by atoms with Crippen LogP contribution in [-0.2, 0) is 6.42 Å². The molecule has 1 aromatic heterocycles. The molecule has 0 saturated carbocycles. The van der Waals surface area contributed by atoms with Gasteiger partial charge in [0.1, 0.15) is 11.6 Å². The summed E-state index contributed by atoms with van der Waals surface area (Å²) >= 11 is 0. The molecule has 0 unspecified atom stereocenters. The average molecular weight is 302 g/mol. The van der Waals surface area contributed by atoms with E-state index >= 15 is 0 Å². The molecule has 4 nitrogen and oxygen atoms in total. The summed E-state index contributed by atoms with van der Waals surface area (Å²) in [5.41, 5.74) is 1.03. The van der Waals surface area contributed by atoms with Crippen molar-refractivity contribution in [2.45, 2.75) is 32.1 Å². The summed E-state index contributed by atoms with van der Waals surface area (Å²) in [4.78, 5) is 14.2. The van der Waals surface area contributed by atoms with Gasteiger partial charge in [-0.2, -0.15) is 0 Å². The highest BCUT2D eigenvalue weighted by Crippen LogP contribution is 2.29. The first-order chi connectivity index (χ1) is 10.7.